The van der Waals surface area contributed by atoms with Crippen LogP contribution < -0.4 is 10.8 Å². The molecule has 38 heavy (non-hydrogen) atoms. The molecule has 0 aliphatic heterocycles. The molecule has 0 spiro atoms. The molecule has 0 radical (unpaired) electrons. The highest BCUT2D eigenvalue weighted by Crippen LogP contribution is 2.13. The third-order valence-corrected chi connectivity index (χ3v) is 6.22. The van der Waals surface area contributed by atoms with Crippen molar-refractivity contribution >= 4 is 17.8 Å². The van der Waals surface area contributed by atoms with Crippen molar-refractivity contribution in [1.82, 2.24) is 10.8 Å². The molecule has 0 saturated carbocycles. The van der Waals surface area contributed by atoms with Crippen molar-refractivity contribution in [1.29, 1.82) is 0 Å². The maximum atomic E-state index is 11.9. The van der Waals surface area contributed by atoms with Gasteiger partial charge in [0.05, 0.1) is 26.4 Å². The van der Waals surface area contributed by atoms with Gasteiger partial charge >= 0.3 is 11.9 Å². The molecule has 0 aliphatic rings. The molecule has 0 fully saturated rings. The highest BCUT2D eigenvalue weighted by atomic mass is 16.6. The molecule has 0 rings (SSSR count). The average molecular weight is 547 g/mol. The lowest BCUT2D eigenvalue weighted by molar-refractivity contribution is -0.144. The molecule has 224 valence electrons. The molecule has 1 unspecified atom stereocenters. The van der Waals surface area contributed by atoms with Gasteiger partial charge in [-0.15, -0.1) is 0 Å². The standard InChI is InChI=1S/C28H54N2O8/c1-2-36-23-24-37-22-20-29-26(31)19-18-25(28(34)35)30-38-21-16-14-12-10-8-6-4-3-5-7-9-11-13-15-17-27(32)33/h25,30H,2-24H2,1H3,(H,29,31)(H,32,33)(H,34,35). The SMILES string of the molecule is CCOCCOCCNC(=O)CCC(NOCCCCCCCCCCCCCCCCC(=O)O)C(=O)O. The van der Waals surface area contributed by atoms with E-state index < -0.39 is 18.0 Å². The zero-order chi connectivity index (χ0) is 28.1. The Labute approximate surface area is 229 Å². The Kier molecular flexibility index (Phi) is 27.0. The van der Waals surface area contributed by atoms with E-state index in [0.717, 1.165) is 38.5 Å². The van der Waals surface area contributed by atoms with Crippen molar-refractivity contribution in [3.8, 4) is 0 Å². The Bertz CT molecular complexity index is 577. The third-order valence-electron chi connectivity index (χ3n) is 6.22. The molecule has 1 atom stereocenters. The van der Waals surface area contributed by atoms with Gasteiger partial charge in [-0.1, -0.05) is 77.0 Å². The van der Waals surface area contributed by atoms with Gasteiger partial charge in [-0.05, 0) is 26.2 Å². The molecule has 0 aromatic heterocycles. The summed E-state index contributed by atoms with van der Waals surface area (Å²) in [5, 5.41) is 20.7. The predicted molar refractivity (Wildman–Crippen MR) is 147 cm³/mol. The van der Waals surface area contributed by atoms with E-state index in [1.54, 1.807) is 0 Å². The smallest absolute Gasteiger partial charge is 0.323 e. The van der Waals surface area contributed by atoms with Gasteiger partial charge in [0.15, 0.2) is 0 Å². The van der Waals surface area contributed by atoms with Gasteiger partial charge in [0, 0.05) is 26.0 Å². The Morgan fingerprint density at radius 1 is 0.658 bits per heavy atom. The highest BCUT2D eigenvalue weighted by molar-refractivity contribution is 5.78. The number of ether oxygens (including phenoxy) is 2. The number of carbonyl (C=O) groups excluding carboxylic acids is 1. The summed E-state index contributed by atoms with van der Waals surface area (Å²) < 4.78 is 10.5. The number of carboxylic acid groups (broad SMARTS) is 2. The predicted octanol–water partition coefficient (Wildman–Crippen LogP) is 4.85. The third kappa shape index (κ3) is 27.3. The Morgan fingerprint density at radius 3 is 1.71 bits per heavy atom. The van der Waals surface area contributed by atoms with Crippen LogP contribution in [0.15, 0.2) is 0 Å². The summed E-state index contributed by atoms with van der Waals surface area (Å²) in [6, 6.07) is -0.917. The second-order valence-corrected chi connectivity index (χ2v) is 9.65. The molecule has 0 heterocycles. The zero-order valence-electron chi connectivity index (χ0n) is 23.7. The van der Waals surface area contributed by atoms with Crippen LogP contribution in [0.25, 0.3) is 0 Å². The molecule has 10 nitrogen and oxygen atoms in total. The summed E-state index contributed by atoms with van der Waals surface area (Å²) in [7, 11) is 0. The summed E-state index contributed by atoms with van der Waals surface area (Å²) in [5.74, 6) is -1.94. The first-order valence-electron chi connectivity index (χ1n) is 14.7. The number of hydroxylamine groups is 1. The minimum Gasteiger partial charge on any atom is -0.481 e. The summed E-state index contributed by atoms with van der Waals surface area (Å²) in [5.41, 5.74) is 2.58. The minimum atomic E-state index is -1.03. The van der Waals surface area contributed by atoms with Gasteiger partial charge in [0.1, 0.15) is 6.04 Å². The van der Waals surface area contributed by atoms with E-state index in [1.807, 2.05) is 6.92 Å². The van der Waals surface area contributed by atoms with Crippen molar-refractivity contribution in [2.45, 2.75) is 122 Å². The Morgan fingerprint density at radius 2 is 1.18 bits per heavy atom. The minimum absolute atomic E-state index is 0.0981. The topological polar surface area (TPSA) is 143 Å². The fourth-order valence-corrected chi connectivity index (χ4v) is 3.95. The number of hydrogen-bond acceptors (Lipinski definition) is 7. The summed E-state index contributed by atoms with van der Waals surface area (Å²) >= 11 is 0. The first-order chi connectivity index (χ1) is 18.5. The second-order valence-electron chi connectivity index (χ2n) is 9.65. The van der Waals surface area contributed by atoms with E-state index in [1.165, 1.54) is 51.4 Å². The van der Waals surface area contributed by atoms with Gasteiger partial charge in [-0.3, -0.25) is 14.4 Å². The van der Waals surface area contributed by atoms with Gasteiger partial charge in [0.25, 0.3) is 0 Å². The van der Waals surface area contributed by atoms with Crippen LogP contribution >= 0.6 is 0 Å². The van der Waals surface area contributed by atoms with Crippen LogP contribution in [-0.2, 0) is 28.7 Å². The Balaban J connectivity index is 3.48. The van der Waals surface area contributed by atoms with Crippen molar-refractivity contribution < 1.29 is 38.9 Å². The van der Waals surface area contributed by atoms with Crippen LogP contribution in [0.1, 0.15) is 116 Å². The van der Waals surface area contributed by atoms with E-state index in [0.29, 0.717) is 46.0 Å². The van der Waals surface area contributed by atoms with Gasteiger partial charge in [-0.25, -0.2) is 0 Å². The lowest BCUT2D eigenvalue weighted by Crippen LogP contribution is -2.38. The maximum absolute atomic E-state index is 11.9. The number of hydrogen-bond donors (Lipinski definition) is 4. The van der Waals surface area contributed by atoms with Crippen LogP contribution in [0.5, 0.6) is 0 Å². The number of rotatable bonds is 30. The largest absolute Gasteiger partial charge is 0.481 e. The van der Waals surface area contributed by atoms with Crippen molar-refractivity contribution in [2.24, 2.45) is 0 Å². The van der Waals surface area contributed by atoms with Gasteiger partial charge in [0.2, 0.25) is 5.91 Å². The van der Waals surface area contributed by atoms with Crippen LogP contribution in [0.2, 0.25) is 0 Å². The fourth-order valence-electron chi connectivity index (χ4n) is 3.95. The van der Waals surface area contributed by atoms with Crippen LogP contribution in [0, 0.1) is 0 Å². The number of unbranched alkanes of at least 4 members (excludes halogenated alkanes) is 13. The number of carbonyl (C=O) groups is 3. The second kappa shape index (κ2) is 28.3. The normalized spacial score (nSPS) is 11.9. The fraction of sp³-hybridized carbons (Fsp3) is 0.893. The molecular formula is C28H54N2O8. The van der Waals surface area contributed by atoms with Crippen LogP contribution in [-0.4, -0.2) is 73.7 Å². The molecular weight excluding hydrogens is 492 g/mol. The zero-order valence-corrected chi connectivity index (χ0v) is 23.7. The van der Waals surface area contributed by atoms with E-state index in [9.17, 15) is 19.5 Å². The molecule has 10 heteroatoms. The monoisotopic (exact) mass is 546 g/mol. The Hall–Kier alpha value is -1.75. The first-order valence-corrected chi connectivity index (χ1v) is 14.7. The number of aliphatic carboxylic acids is 2. The molecule has 0 aromatic rings. The first kappa shape index (κ1) is 36.2. The molecule has 1 amide bonds. The van der Waals surface area contributed by atoms with E-state index in [4.69, 9.17) is 19.4 Å². The summed E-state index contributed by atoms with van der Waals surface area (Å²) in [6.45, 7) is 4.79. The molecule has 4 N–H and O–H groups in total. The quantitative estimate of drug-likeness (QED) is 0.0734. The van der Waals surface area contributed by atoms with Crippen molar-refractivity contribution in [3.05, 3.63) is 0 Å². The van der Waals surface area contributed by atoms with Crippen molar-refractivity contribution in [3.63, 3.8) is 0 Å². The van der Waals surface area contributed by atoms with E-state index in [2.05, 4.69) is 10.8 Å². The van der Waals surface area contributed by atoms with Gasteiger partial charge in [-0.2, -0.15) is 5.48 Å². The molecule has 0 saturated heterocycles. The average Bonchev–Trinajstić information content (AvgIpc) is 2.88. The number of carboxylic acids is 2. The lowest BCUT2D eigenvalue weighted by Gasteiger charge is -2.14. The lowest BCUT2D eigenvalue weighted by atomic mass is 10.0. The number of amides is 1. The molecule has 0 aliphatic carbocycles. The maximum Gasteiger partial charge on any atom is 0.323 e. The van der Waals surface area contributed by atoms with Crippen LogP contribution in [0.3, 0.4) is 0 Å². The van der Waals surface area contributed by atoms with Gasteiger partial charge < -0.3 is 29.8 Å². The number of nitrogens with one attached hydrogen (secondary N) is 2. The van der Waals surface area contributed by atoms with Crippen molar-refractivity contribution in [2.75, 3.05) is 39.6 Å². The highest BCUT2D eigenvalue weighted by Gasteiger charge is 2.18. The summed E-state index contributed by atoms with van der Waals surface area (Å²) in [6.07, 6.45) is 16.6. The molecule has 0 aromatic carbocycles. The molecule has 0 bridgehead atoms. The van der Waals surface area contributed by atoms with E-state index >= 15 is 0 Å². The van der Waals surface area contributed by atoms with Crippen LogP contribution in [0.4, 0.5) is 0 Å². The summed E-state index contributed by atoms with van der Waals surface area (Å²) in [4.78, 5) is 39.1. The van der Waals surface area contributed by atoms with E-state index in [-0.39, 0.29) is 18.7 Å².